The van der Waals surface area contributed by atoms with E-state index in [0.717, 1.165) is 41.8 Å². The van der Waals surface area contributed by atoms with Crippen LogP contribution >= 0.6 is 0 Å². The number of carbonyl (C=O) groups excluding carboxylic acids is 1. The van der Waals surface area contributed by atoms with Gasteiger partial charge < -0.3 is 19.5 Å². The summed E-state index contributed by atoms with van der Waals surface area (Å²) in [5.41, 5.74) is 4.41. The van der Waals surface area contributed by atoms with Gasteiger partial charge in [0.25, 0.3) is 5.91 Å². The summed E-state index contributed by atoms with van der Waals surface area (Å²) in [4.78, 5) is 13.0. The van der Waals surface area contributed by atoms with Crippen LogP contribution in [0.15, 0.2) is 42.5 Å². The molecule has 0 bridgehead atoms. The fourth-order valence-electron chi connectivity index (χ4n) is 3.89. The van der Waals surface area contributed by atoms with Gasteiger partial charge in [0, 0.05) is 29.4 Å². The van der Waals surface area contributed by atoms with Crippen LogP contribution in [0, 0.1) is 0 Å². The molecule has 1 aliphatic carbocycles. The first-order valence-corrected chi connectivity index (χ1v) is 9.89. The lowest BCUT2D eigenvalue weighted by Crippen LogP contribution is -2.24. The SMILES string of the molecule is COc1cc(OC)c(OC)cc1CNC(=O)c1nn(-c2ccccc2)c2c1CCC2. The van der Waals surface area contributed by atoms with E-state index in [2.05, 4.69) is 10.4 Å². The molecule has 1 heterocycles. The number of benzene rings is 2. The van der Waals surface area contributed by atoms with Gasteiger partial charge in [-0.05, 0) is 37.5 Å². The van der Waals surface area contributed by atoms with Crippen molar-refractivity contribution < 1.29 is 19.0 Å². The number of nitrogens with one attached hydrogen (secondary N) is 1. The van der Waals surface area contributed by atoms with Gasteiger partial charge in [-0.3, -0.25) is 4.79 Å². The molecule has 156 valence electrons. The predicted octanol–water partition coefficient (Wildman–Crippen LogP) is 3.32. The minimum Gasteiger partial charge on any atom is -0.496 e. The van der Waals surface area contributed by atoms with Crippen LogP contribution in [0.25, 0.3) is 5.69 Å². The number of ether oxygens (including phenoxy) is 3. The van der Waals surface area contributed by atoms with Crippen LogP contribution in [0.4, 0.5) is 0 Å². The summed E-state index contributed by atoms with van der Waals surface area (Å²) in [6.45, 7) is 0.287. The number of rotatable bonds is 7. The van der Waals surface area contributed by atoms with E-state index >= 15 is 0 Å². The second-order valence-electron chi connectivity index (χ2n) is 7.08. The minimum atomic E-state index is -0.195. The zero-order valence-corrected chi connectivity index (χ0v) is 17.4. The Bertz CT molecular complexity index is 1060. The van der Waals surface area contributed by atoms with Crippen LogP contribution in [0.5, 0.6) is 17.2 Å². The molecular formula is C23H25N3O4. The van der Waals surface area contributed by atoms with E-state index in [1.165, 1.54) is 0 Å². The molecule has 2 aromatic carbocycles. The molecule has 0 saturated carbocycles. The number of carbonyl (C=O) groups is 1. The highest BCUT2D eigenvalue weighted by Gasteiger charge is 2.27. The number of nitrogens with zero attached hydrogens (tertiary/aromatic N) is 2. The first-order chi connectivity index (χ1) is 14.7. The van der Waals surface area contributed by atoms with Crippen LogP contribution in [-0.2, 0) is 19.4 Å². The lowest BCUT2D eigenvalue weighted by atomic mass is 10.1. The smallest absolute Gasteiger partial charge is 0.272 e. The normalized spacial score (nSPS) is 12.4. The summed E-state index contributed by atoms with van der Waals surface area (Å²) in [5.74, 6) is 1.58. The minimum absolute atomic E-state index is 0.195. The molecule has 0 spiro atoms. The Hall–Kier alpha value is -3.48. The molecule has 1 aliphatic rings. The van der Waals surface area contributed by atoms with E-state index in [0.29, 0.717) is 22.9 Å². The Morgan fingerprint density at radius 2 is 1.70 bits per heavy atom. The molecule has 0 aliphatic heterocycles. The topological polar surface area (TPSA) is 74.6 Å². The van der Waals surface area contributed by atoms with Gasteiger partial charge in [-0.1, -0.05) is 18.2 Å². The van der Waals surface area contributed by atoms with E-state index in [1.54, 1.807) is 27.4 Å². The largest absolute Gasteiger partial charge is 0.496 e. The van der Waals surface area contributed by atoms with Crippen molar-refractivity contribution >= 4 is 5.91 Å². The van der Waals surface area contributed by atoms with E-state index in [-0.39, 0.29) is 12.5 Å². The number of fused-ring (bicyclic) bond motifs is 1. The average Bonchev–Trinajstić information content (AvgIpc) is 3.40. The number of methoxy groups -OCH3 is 3. The van der Waals surface area contributed by atoms with Crippen LogP contribution in [-0.4, -0.2) is 37.0 Å². The highest BCUT2D eigenvalue weighted by atomic mass is 16.5. The van der Waals surface area contributed by atoms with Crippen LogP contribution in [0.2, 0.25) is 0 Å². The maximum absolute atomic E-state index is 13.0. The first kappa shape index (κ1) is 19.8. The molecule has 1 N–H and O–H groups in total. The quantitative estimate of drug-likeness (QED) is 0.650. The van der Waals surface area contributed by atoms with Gasteiger partial charge in [-0.2, -0.15) is 5.10 Å². The van der Waals surface area contributed by atoms with Crippen molar-refractivity contribution in [2.24, 2.45) is 0 Å². The van der Waals surface area contributed by atoms with Crippen molar-refractivity contribution in [2.75, 3.05) is 21.3 Å². The van der Waals surface area contributed by atoms with Gasteiger partial charge in [-0.25, -0.2) is 4.68 Å². The van der Waals surface area contributed by atoms with Gasteiger partial charge >= 0.3 is 0 Å². The number of para-hydroxylation sites is 1. The standard InChI is InChI=1S/C23H25N3O4/c1-28-19-13-21(30-3)20(29-2)12-15(19)14-24-23(27)22-17-10-7-11-18(17)26(25-22)16-8-5-4-6-9-16/h4-6,8-9,12-13H,7,10-11,14H2,1-3H3,(H,24,27). The van der Waals surface area contributed by atoms with Crippen LogP contribution < -0.4 is 19.5 Å². The van der Waals surface area contributed by atoms with Gasteiger partial charge in [0.05, 0.1) is 27.0 Å². The third-order valence-corrected chi connectivity index (χ3v) is 5.37. The van der Waals surface area contributed by atoms with Crippen molar-refractivity contribution in [2.45, 2.75) is 25.8 Å². The number of aromatic nitrogens is 2. The van der Waals surface area contributed by atoms with Crippen molar-refractivity contribution in [3.05, 3.63) is 65.0 Å². The fourth-order valence-corrected chi connectivity index (χ4v) is 3.89. The Morgan fingerprint density at radius 3 is 2.40 bits per heavy atom. The predicted molar refractivity (Wildman–Crippen MR) is 113 cm³/mol. The molecule has 7 nitrogen and oxygen atoms in total. The average molecular weight is 407 g/mol. The molecule has 4 rings (SSSR count). The molecule has 3 aromatic rings. The number of amides is 1. The summed E-state index contributed by atoms with van der Waals surface area (Å²) in [6.07, 6.45) is 2.82. The van der Waals surface area contributed by atoms with Gasteiger partial charge in [0.15, 0.2) is 17.2 Å². The molecule has 1 aromatic heterocycles. The molecule has 0 atom stereocenters. The molecule has 7 heteroatoms. The van der Waals surface area contributed by atoms with E-state index in [4.69, 9.17) is 14.2 Å². The van der Waals surface area contributed by atoms with E-state index in [1.807, 2.05) is 41.1 Å². The zero-order chi connectivity index (χ0) is 21.1. The maximum Gasteiger partial charge on any atom is 0.272 e. The van der Waals surface area contributed by atoms with Crippen molar-refractivity contribution in [1.29, 1.82) is 0 Å². The second-order valence-corrected chi connectivity index (χ2v) is 7.08. The van der Waals surface area contributed by atoms with E-state index < -0.39 is 0 Å². The molecule has 0 radical (unpaired) electrons. The maximum atomic E-state index is 13.0. The molecule has 30 heavy (non-hydrogen) atoms. The summed E-state index contributed by atoms with van der Waals surface area (Å²) < 4.78 is 18.0. The highest BCUT2D eigenvalue weighted by molar-refractivity contribution is 5.94. The summed E-state index contributed by atoms with van der Waals surface area (Å²) in [7, 11) is 4.73. The van der Waals surface area contributed by atoms with E-state index in [9.17, 15) is 4.79 Å². The first-order valence-electron chi connectivity index (χ1n) is 9.89. The van der Waals surface area contributed by atoms with Gasteiger partial charge in [0.2, 0.25) is 0 Å². The molecule has 0 fully saturated rings. The molecular weight excluding hydrogens is 382 g/mol. The van der Waals surface area contributed by atoms with Gasteiger partial charge in [0.1, 0.15) is 5.75 Å². The summed E-state index contributed by atoms with van der Waals surface area (Å²) in [6, 6.07) is 13.5. The molecule has 0 saturated heterocycles. The monoisotopic (exact) mass is 407 g/mol. The Kier molecular flexibility index (Phi) is 5.61. The van der Waals surface area contributed by atoms with Crippen molar-refractivity contribution in [1.82, 2.24) is 15.1 Å². The zero-order valence-electron chi connectivity index (χ0n) is 17.4. The lowest BCUT2D eigenvalue weighted by molar-refractivity contribution is 0.0944. The third kappa shape index (κ3) is 3.58. The third-order valence-electron chi connectivity index (χ3n) is 5.37. The Morgan fingerprint density at radius 1 is 1.00 bits per heavy atom. The summed E-state index contributed by atoms with van der Waals surface area (Å²) >= 11 is 0. The highest BCUT2D eigenvalue weighted by Crippen LogP contribution is 2.34. The van der Waals surface area contributed by atoms with Crippen LogP contribution in [0.1, 0.15) is 33.7 Å². The Balaban J connectivity index is 1.59. The van der Waals surface area contributed by atoms with Crippen molar-refractivity contribution in [3.63, 3.8) is 0 Å². The molecule has 1 amide bonds. The fraction of sp³-hybridized carbons (Fsp3) is 0.304. The molecule has 0 unspecified atom stereocenters. The lowest BCUT2D eigenvalue weighted by Gasteiger charge is -2.14. The van der Waals surface area contributed by atoms with Crippen molar-refractivity contribution in [3.8, 4) is 22.9 Å². The Labute approximate surface area is 175 Å². The number of hydrogen-bond donors (Lipinski definition) is 1. The van der Waals surface area contributed by atoms with Gasteiger partial charge in [-0.15, -0.1) is 0 Å². The van der Waals surface area contributed by atoms with Crippen LogP contribution in [0.3, 0.4) is 0 Å². The summed E-state index contributed by atoms with van der Waals surface area (Å²) in [5, 5.41) is 7.63. The number of hydrogen-bond acceptors (Lipinski definition) is 5. The second kappa shape index (κ2) is 8.49.